The van der Waals surface area contributed by atoms with E-state index in [0.29, 0.717) is 16.0 Å². The number of benzene rings is 2. The topological polar surface area (TPSA) is 26.0 Å². The molecule has 0 fully saturated rings. The Bertz CT molecular complexity index is 595. The summed E-state index contributed by atoms with van der Waals surface area (Å²) in [7, 11) is 0. The Balaban J connectivity index is 2.06. The van der Waals surface area contributed by atoms with Crippen LogP contribution in [0.3, 0.4) is 0 Å². The maximum Gasteiger partial charge on any atom is 0.0595 e. The fourth-order valence-corrected chi connectivity index (χ4v) is 3.03. The van der Waals surface area contributed by atoms with Crippen LogP contribution in [0.5, 0.6) is 0 Å². The van der Waals surface area contributed by atoms with E-state index in [9.17, 15) is 0 Å². The van der Waals surface area contributed by atoms with Gasteiger partial charge < -0.3 is 5.73 Å². The van der Waals surface area contributed by atoms with Gasteiger partial charge in [0.2, 0.25) is 0 Å². The van der Waals surface area contributed by atoms with Gasteiger partial charge in [0.15, 0.2) is 0 Å². The number of hydrogen-bond donors (Lipinski definition) is 1. The third-order valence-electron chi connectivity index (χ3n) is 3.61. The van der Waals surface area contributed by atoms with Gasteiger partial charge in [-0.1, -0.05) is 53.5 Å². The molecular weight excluding hydrogens is 265 g/mol. The van der Waals surface area contributed by atoms with Gasteiger partial charge in [-0.2, -0.15) is 0 Å². The molecule has 0 unspecified atom stereocenters. The van der Waals surface area contributed by atoms with Gasteiger partial charge >= 0.3 is 0 Å². The highest BCUT2D eigenvalue weighted by Crippen LogP contribution is 2.43. The summed E-state index contributed by atoms with van der Waals surface area (Å²) in [5.41, 5.74) is 9.92. The monoisotopic (exact) mass is 277 g/mol. The summed E-state index contributed by atoms with van der Waals surface area (Å²) < 4.78 is 0. The van der Waals surface area contributed by atoms with Crippen molar-refractivity contribution >= 4 is 23.2 Å². The molecule has 92 valence electrons. The SMILES string of the molecule is N[C@@H]1C[C@@H](c2ccc(Cl)c(Cl)c2)c2ccccc21. The lowest BCUT2D eigenvalue weighted by Gasteiger charge is -2.12. The van der Waals surface area contributed by atoms with Crippen LogP contribution in [0.1, 0.15) is 35.1 Å². The first-order valence-electron chi connectivity index (χ1n) is 5.96. The summed E-state index contributed by atoms with van der Waals surface area (Å²) >= 11 is 12.1. The van der Waals surface area contributed by atoms with E-state index in [-0.39, 0.29) is 6.04 Å². The van der Waals surface area contributed by atoms with Crippen LogP contribution in [0.2, 0.25) is 10.0 Å². The minimum Gasteiger partial charge on any atom is -0.324 e. The molecule has 0 aromatic heterocycles. The van der Waals surface area contributed by atoms with Crippen LogP contribution in [0, 0.1) is 0 Å². The zero-order chi connectivity index (χ0) is 12.7. The van der Waals surface area contributed by atoms with Crippen LogP contribution in [0.4, 0.5) is 0 Å². The first-order valence-corrected chi connectivity index (χ1v) is 6.72. The average Bonchev–Trinajstić information content (AvgIpc) is 2.71. The fraction of sp³-hybridized carbons (Fsp3) is 0.200. The highest BCUT2D eigenvalue weighted by Gasteiger charge is 2.29. The number of rotatable bonds is 1. The third-order valence-corrected chi connectivity index (χ3v) is 4.35. The van der Waals surface area contributed by atoms with E-state index in [2.05, 4.69) is 18.2 Å². The van der Waals surface area contributed by atoms with Crippen molar-refractivity contribution in [2.45, 2.75) is 18.4 Å². The summed E-state index contributed by atoms with van der Waals surface area (Å²) in [6.07, 6.45) is 0.928. The predicted octanol–water partition coefficient (Wildman–Crippen LogP) is 4.53. The molecule has 0 saturated carbocycles. The molecule has 0 amide bonds. The number of fused-ring (bicyclic) bond motifs is 1. The van der Waals surface area contributed by atoms with Gasteiger partial charge in [0, 0.05) is 12.0 Å². The maximum absolute atomic E-state index is 6.18. The Morgan fingerprint density at radius 2 is 1.67 bits per heavy atom. The molecule has 0 bridgehead atoms. The largest absolute Gasteiger partial charge is 0.324 e. The Kier molecular flexibility index (Phi) is 3.06. The van der Waals surface area contributed by atoms with E-state index in [1.807, 2.05) is 24.3 Å². The van der Waals surface area contributed by atoms with Crippen molar-refractivity contribution in [3.63, 3.8) is 0 Å². The van der Waals surface area contributed by atoms with Crippen molar-refractivity contribution in [3.8, 4) is 0 Å². The molecule has 2 aromatic carbocycles. The maximum atomic E-state index is 6.18. The van der Waals surface area contributed by atoms with E-state index >= 15 is 0 Å². The lowest BCUT2D eigenvalue weighted by Crippen LogP contribution is -2.05. The first kappa shape index (κ1) is 12.0. The fourth-order valence-electron chi connectivity index (χ4n) is 2.72. The second-order valence-electron chi connectivity index (χ2n) is 4.70. The number of hydrogen-bond acceptors (Lipinski definition) is 1. The molecule has 2 atom stereocenters. The second kappa shape index (κ2) is 4.58. The number of nitrogens with two attached hydrogens (primary N) is 1. The van der Waals surface area contributed by atoms with Crippen molar-refractivity contribution in [2.75, 3.05) is 0 Å². The molecule has 2 N–H and O–H groups in total. The summed E-state index contributed by atoms with van der Waals surface area (Å²) in [4.78, 5) is 0. The van der Waals surface area contributed by atoms with Crippen LogP contribution < -0.4 is 5.73 Å². The van der Waals surface area contributed by atoms with E-state index in [4.69, 9.17) is 28.9 Å². The molecule has 2 aromatic rings. The first-order chi connectivity index (χ1) is 8.66. The highest BCUT2D eigenvalue weighted by atomic mass is 35.5. The van der Waals surface area contributed by atoms with Crippen LogP contribution in [0.25, 0.3) is 0 Å². The Hall–Kier alpha value is -1.02. The highest BCUT2D eigenvalue weighted by molar-refractivity contribution is 6.42. The van der Waals surface area contributed by atoms with Gasteiger partial charge in [0.05, 0.1) is 10.0 Å². The molecule has 1 aliphatic carbocycles. The minimum absolute atomic E-state index is 0.112. The van der Waals surface area contributed by atoms with E-state index in [1.165, 1.54) is 16.7 Å². The van der Waals surface area contributed by atoms with Gasteiger partial charge in [-0.25, -0.2) is 0 Å². The zero-order valence-corrected chi connectivity index (χ0v) is 11.2. The van der Waals surface area contributed by atoms with Crippen molar-refractivity contribution in [3.05, 3.63) is 69.2 Å². The lowest BCUT2D eigenvalue weighted by molar-refractivity contribution is 0.662. The Morgan fingerprint density at radius 1 is 0.944 bits per heavy atom. The minimum atomic E-state index is 0.112. The van der Waals surface area contributed by atoms with Crippen molar-refractivity contribution in [1.29, 1.82) is 0 Å². The lowest BCUT2D eigenvalue weighted by atomic mass is 9.93. The zero-order valence-electron chi connectivity index (χ0n) is 9.74. The van der Waals surface area contributed by atoms with Crippen LogP contribution >= 0.6 is 23.2 Å². The summed E-state index contributed by atoms with van der Waals surface area (Å²) in [6, 6.07) is 14.3. The van der Waals surface area contributed by atoms with E-state index in [0.717, 1.165) is 6.42 Å². The van der Waals surface area contributed by atoms with E-state index < -0.39 is 0 Å². The van der Waals surface area contributed by atoms with Gasteiger partial charge in [0.25, 0.3) is 0 Å². The molecule has 3 heteroatoms. The normalized spacial score (nSPS) is 21.9. The smallest absolute Gasteiger partial charge is 0.0595 e. The third kappa shape index (κ3) is 1.93. The molecule has 0 saturated heterocycles. The van der Waals surface area contributed by atoms with Crippen molar-refractivity contribution in [2.24, 2.45) is 5.73 Å². The molecule has 0 radical (unpaired) electrons. The molecule has 0 spiro atoms. The van der Waals surface area contributed by atoms with Crippen LogP contribution in [-0.2, 0) is 0 Å². The molecule has 3 rings (SSSR count). The van der Waals surface area contributed by atoms with Gasteiger partial charge in [-0.15, -0.1) is 0 Å². The molecule has 1 nitrogen and oxygen atoms in total. The quantitative estimate of drug-likeness (QED) is 0.814. The summed E-state index contributed by atoms with van der Waals surface area (Å²) in [5, 5.41) is 1.20. The van der Waals surface area contributed by atoms with E-state index in [1.54, 1.807) is 0 Å². The standard InChI is InChI=1S/C15H13Cl2N/c16-13-6-5-9(7-14(13)17)12-8-15(18)11-4-2-1-3-10(11)12/h1-7,12,15H,8,18H2/t12-,15+/m0/s1. The molecular formula is C15H13Cl2N. The summed E-state index contributed by atoms with van der Waals surface area (Å²) in [6.45, 7) is 0. The van der Waals surface area contributed by atoms with Gasteiger partial charge in [-0.3, -0.25) is 0 Å². The number of halogens is 2. The average molecular weight is 278 g/mol. The molecule has 18 heavy (non-hydrogen) atoms. The Morgan fingerprint density at radius 3 is 2.39 bits per heavy atom. The van der Waals surface area contributed by atoms with Crippen LogP contribution in [0.15, 0.2) is 42.5 Å². The van der Waals surface area contributed by atoms with Crippen molar-refractivity contribution < 1.29 is 0 Å². The molecule has 0 heterocycles. The predicted molar refractivity (Wildman–Crippen MR) is 76.3 cm³/mol. The molecule has 1 aliphatic rings. The Labute approximate surface area is 117 Å². The van der Waals surface area contributed by atoms with Crippen LogP contribution in [-0.4, -0.2) is 0 Å². The second-order valence-corrected chi connectivity index (χ2v) is 5.51. The summed E-state index contributed by atoms with van der Waals surface area (Å²) in [5.74, 6) is 0.325. The molecule has 0 aliphatic heterocycles. The van der Waals surface area contributed by atoms with Gasteiger partial charge in [0.1, 0.15) is 0 Å². The van der Waals surface area contributed by atoms with Crippen molar-refractivity contribution in [1.82, 2.24) is 0 Å². The van der Waals surface area contributed by atoms with Gasteiger partial charge in [-0.05, 0) is 35.2 Å².